The van der Waals surface area contributed by atoms with Gasteiger partial charge < -0.3 is 15.4 Å². The van der Waals surface area contributed by atoms with Crippen molar-refractivity contribution >= 4 is 28.9 Å². The normalized spacial score (nSPS) is 19.1. The first kappa shape index (κ1) is 12.8. The van der Waals surface area contributed by atoms with Gasteiger partial charge in [0, 0.05) is 25.4 Å². The summed E-state index contributed by atoms with van der Waals surface area (Å²) in [4.78, 5) is 11.3. The van der Waals surface area contributed by atoms with Crippen molar-refractivity contribution in [3.63, 3.8) is 0 Å². The smallest absolute Gasteiger partial charge is 0.228 e. The number of rotatable bonds is 3. The number of benzene rings is 1. The number of hydrogen-bond acceptors (Lipinski definition) is 3. The van der Waals surface area contributed by atoms with Gasteiger partial charge in [-0.3, -0.25) is 4.79 Å². The first-order valence-electron chi connectivity index (χ1n) is 6.66. The van der Waals surface area contributed by atoms with Crippen LogP contribution in [-0.4, -0.2) is 25.7 Å². The first-order valence-corrected chi connectivity index (χ1v) is 7.04. The maximum Gasteiger partial charge on any atom is 0.228 e. The largest absolute Gasteiger partial charge is 0.384 e. The Balaban J connectivity index is 1.67. The van der Waals surface area contributed by atoms with Crippen LogP contribution in [0.25, 0.3) is 0 Å². The van der Waals surface area contributed by atoms with Crippen LogP contribution in [0.15, 0.2) is 12.1 Å². The van der Waals surface area contributed by atoms with Crippen LogP contribution in [0.2, 0.25) is 5.02 Å². The molecule has 0 atom stereocenters. The summed E-state index contributed by atoms with van der Waals surface area (Å²) in [6, 6.07) is 3.81. The van der Waals surface area contributed by atoms with Crippen molar-refractivity contribution in [3.8, 4) is 0 Å². The fourth-order valence-corrected chi connectivity index (χ4v) is 2.82. The number of fused-ring (bicyclic) bond motifs is 1. The molecule has 0 radical (unpaired) electrons. The molecule has 0 saturated carbocycles. The summed E-state index contributed by atoms with van der Waals surface area (Å²) in [5.41, 5.74) is 2.78. The molecular formula is C14H17ClN2O2. The lowest BCUT2D eigenvalue weighted by atomic mass is 10.0. The van der Waals surface area contributed by atoms with Crippen molar-refractivity contribution < 1.29 is 9.53 Å². The Morgan fingerprint density at radius 1 is 1.37 bits per heavy atom. The molecule has 5 heteroatoms. The van der Waals surface area contributed by atoms with Crippen LogP contribution in [0.4, 0.5) is 11.4 Å². The van der Waals surface area contributed by atoms with E-state index in [0.29, 0.717) is 17.4 Å². The van der Waals surface area contributed by atoms with Gasteiger partial charge in [-0.2, -0.15) is 0 Å². The maximum atomic E-state index is 11.3. The highest BCUT2D eigenvalue weighted by Gasteiger charge is 2.20. The SMILES string of the molecule is O=C1Cc2cc(NCC3CCOCC3)c(Cl)cc2N1. The maximum absolute atomic E-state index is 11.3. The minimum Gasteiger partial charge on any atom is -0.384 e. The summed E-state index contributed by atoms with van der Waals surface area (Å²) in [6.45, 7) is 2.61. The highest BCUT2D eigenvalue weighted by Crippen LogP contribution is 2.33. The van der Waals surface area contributed by atoms with Crippen molar-refractivity contribution in [2.75, 3.05) is 30.4 Å². The highest BCUT2D eigenvalue weighted by molar-refractivity contribution is 6.33. The third-order valence-corrected chi connectivity index (χ3v) is 4.05. The van der Waals surface area contributed by atoms with Gasteiger partial charge in [-0.1, -0.05) is 11.6 Å². The summed E-state index contributed by atoms with van der Waals surface area (Å²) in [5, 5.41) is 6.86. The van der Waals surface area contributed by atoms with Gasteiger partial charge in [0.15, 0.2) is 0 Å². The van der Waals surface area contributed by atoms with E-state index in [1.54, 1.807) is 0 Å². The topological polar surface area (TPSA) is 50.4 Å². The first-order chi connectivity index (χ1) is 9.22. The zero-order valence-corrected chi connectivity index (χ0v) is 11.4. The summed E-state index contributed by atoms with van der Waals surface area (Å²) in [6.07, 6.45) is 2.63. The summed E-state index contributed by atoms with van der Waals surface area (Å²) >= 11 is 6.23. The molecule has 3 rings (SSSR count). The number of hydrogen-bond donors (Lipinski definition) is 2. The minimum absolute atomic E-state index is 0.0349. The molecule has 0 unspecified atom stereocenters. The number of nitrogens with one attached hydrogen (secondary N) is 2. The molecule has 19 heavy (non-hydrogen) atoms. The van der Waals surface area contributed by atoms with Crippen LogP contribution in [0.5, 0.6) is 0 Å². The van der Waals surface area contributed by atoms with Crippen LogP contribution in [-0.2, 0) is 16.0 Å². The van der Waals surface area contributed by atoms with E-state index < -0.39 is 0 Å². The zero-order valence-electron chi connectivity index (χ0n) is 10.7. The lowest BCUT2D eigenvalue weighted by Crippen LogP contribution is -2.22. The van der Waals surface area contributed by atoms with E-state index in [4.69, 9.17) is 16.3 Å². The standard InChI is InChI=1S/C14H17ClN2O2/c15-11-7-12-10(6-14(18)17-12)5-13(11)16-8-9-1-3-19-4-2-9/h5,7,9,16H,1-4,6,8H2,(H,17,18). The van der Waals surface area contributed by atoms with E-state index >= 15 is 0 Å². The Morgan fingerprint density at radius 2 is 2.16 bits per heavy atom. The van der Waals surface area contributed by atoms with E-state index in [9.17, 15) is 4.79 Å². The van der Waals surface area contributed by atoms with Crippen molar-refractivity contribution in [2.24, 2.45) is 5.92 Å². The van der Waals surface area contributed by atoms with Crippen LogP contribution >= 0.6 is 11.6 Å². The van der Waals surface area contributed by atoms with Crippen molar-refractivity contribution in [1.29, 1.82) is 0 Å². The Bertz CT molecular complexity index is 498. The van der Waals surface area contributed by atoms with E-state index in [-0.39, 0.29) is 5.91 Å². The van der Waals surface area contributed by atoms with Gasteiger partial charge in [-0.25, -0.2) is 0 Å². The molecule has 0 spiro atoms. The minimum atomic E-state index is 0.0349. The van der Waals surface area contributed by atoms with Crippen LogP contribution in [0, 0.1) is 5.92 Å². The monoisotopic (exact) mass is 280 g/mol. The number of carbonyl (C=O) groups excluding carboxylic acids is 1. The van der Waals surface area contributed by atoms with Crippen LogP contribution in [0.1, 0.15) is 18.4 Å². The van der Waals surface area contributed by atoms with E-state index in [0.717, 1.165) is 49.5 Å². The summed E-state index contributed by atoms with van der Waals surface area (Å²) in [7, 11) is 0. The summed E-state index contributed by atoms with van der Waals surface area (Å²) in [5.74, 6) is 0.672. The van der Waals surface area contributed by atoms with Crippen molar-refractivity contribution in [1.82, 2.24) is 0 Å². The number of anilines is 2. The Morgan fingerprint density at radius 3 is 2.95 bits per heavy atom. The van der Waals surface area contributed by atoms with E-state index in [1.165, 1.54) is 0 Å². The van der Waals surface area contributed by atoms with E-state index in [2.05, 4.69) is 10.6 Å². The lowest BCUT2D eigenvalue weighted by Gasteiger charge is -2.23. The molecule has 2 N–H and O–H groups in total. The number of halogens is 1. The highest BCUT2D eigenvalue weighted by atomic mass is 35.5. The zero-order chi connectivity index (χ0) is 13.2. The van der Waals surface area contributed by atoms with Gasteiger partial charge in [-0.05, 0) is 36.5 Å². The summed E-state index contributed by atoms with van der Waals surface area (Å²) < 4.78 is 5.35. The molecule has 1 aromatic rings. The number of ether oxygens (including phenoxy) is 1. The molecule has 1 amide bonds. The molecular weight excluding hydrogens is 264 g/mol. The molecule has 0 aliphatic carbocycles. The van der Waals surface area contributed by atoms with E-state index in [1.807, 2.05) is 12.1 Å². The quantitative estimate of drug-likeness (QED) is 0.895. The lowest BCUT2D eigenvalue weighted by molar-refractivity contribution is -0.115. The van der Waals surface area contributed by atoms with Crippen molar-refractivity contribution in [3.05, 3.63) is 22.7 Å². The molecule has 0 aromatic heterocycles. The average molecular weight is 281 g/mol. The molecule has 2 aliphatic rings. The fraction of sp³-hybridized carbons (Fsp3) is 0.500. The van der Waals surface area contributed by atoms with Crippen LogP contribution in [0.3, 0.4) is 0 Å². The molecule has 2 heterocycles. The molecule has 2 aliphatic heterocycles. The van der Waals surface area contributed by atoms with Gasteiger partial charge in [-0.15, -0.1) is 0 Å². The molecule has 4 nitrogen and oxygen atoms in total. The second-order valence-electron chi connectivity index (χ2n) is 5.15. The Labute approximate surface area is 117 Å². The number of amides is 1. The van der Waals surface area contributed by atoms with Gasteiger partial charge >= 0.3 is 0 Å². The Kier molecular flexibility index (Phi) is 3.62. The third-order valence-electron chi connectivity index (χ3n) is 3.74. The molecule has 0 bridgehead atoms. The molecule has 102 valence electrons. The van der Waals surface area contributed by atoms with Gasteiger partial charge in [0.05, 0.1) is 17.1 Å². The van der Waals surface area contributed by atoms with Gasteiger partial charge in [0.25, 0.3) is 0 Å². The molecule has 1 saturated heterocycles. The predicted octanol–water partition coefficient (Wildman–Crippen LogP) is 2.67. The third kappa shape index (κ3) is 2.85. The average Bonchev–Trinajstić information content (AvgIpc) is 2.76. The van der Waals surface area contributed by atoms with Crippen molar-refractivity contribution in [2.45, 2.75) is 19.3 Å². The second kappa shape index (κ2) is 5.39. The molecule has 1 aromatic carbocycles. The van der Waals surface area contributed by atoms with Crippen LogP contribution < -0.4 is 10.6 Å². The number of carbonyl (C=O) groups is 1. The van der Waals surface area contributed by atoms with Gasteiger partial charge in [0.1, 0.15) is 0 Å². The second-order valence-corrected chi connectivity index (χ2v) is 5.56. The molecule has 1 fully saturated rings. The Hall–Kier alpha value is -1.26. The van der Waals surface area contributed by atoms with Gasteiger partial charge in [0.2, 0.25) is 5.91 Å². The fourth-order valence-electron chi connectivity index (χ4n) is 2.59. The predicted molar refractivity (Wildman–Crippen MR) is 75.8 cm³/mol.